The van der Waals surface area contributed by atoms with E-state index >= 15 is 0 Å². The van der Waals surface area contributed by atoms with Gasteiger partial charge in [0.25, 0.3) is 5.69 Å². The van der Waals surface area contributed by atoms with E-state index in [0.29, 0.717) is 23.7 Å². The van der Waals surface area contributed by atoms with E-state index in [1.807, 2.05) is 13.8 Å². The number of hydrogen-bond acceptors (Lipinski definition) is 3. The third-order valence-corrected chi connectivity index (χ3v) is 3.11. The maximum absolute atomic E-state index is 14.0. The molecular formula is C16H17FN2O2. The van der Waals surface area contributed by atoms with Crippen molar-refractivity contribution in [2.75, 3.05) is 0 Å². The Morgan fingerprint density at radius 1 is 1.24 bits per heavy atom. The van der Waals surface area contributed by atoms with Crippen molar-refractivity contribution in [1.29, 1.82) is 0 Å². The molecule has 0 aliphatic heterocycles. The molecule has 5 heteroatoms. The number of nitro groups is 1. The fourth-order valence-corrected chi connectivity index (χ4v) is 2.01. The zero-order chi connectivity index (χ0) is 15.4. The van der Waals surface area contributed by atoms with Gasteiger partial charge in [-0.1, -0.05) is 32.0 Å². The fraction of sp³-hybridized carbons (Fsp3) is 0.250. The van der Waals surface area contributed by atoms with Crippen molar-refractivity contribution >= 4 is 5.69 Å². The number of benzene rings is 2. The van der Waals surface area contributed by atoms with Gasteiger partial charge in [-0.3, -0.25) is 10.1 Å². The molecule has 0 aliphatic carbocycles. The summed E-state index contributed by atoms with van der Waals surface area (Å²) in [5.41, 5.74) is 1.78. The average Bonchev–Trinajstić information content (AvgIpc) is 2.46. The standard InChI is InChI=1S/C16H17FN2O2/c1-11(2)18-10-12-6-7-16(17)15(8-12)13-4-3-5-14(9-13)19(20)21/h3-9,11,18H,10H2,1-2H3. The molecule has 2 aromatic carbocycles. The first-order valence-electron chi connectivity index (χ1n) is 6.74. The highest BCUT2D eigenvalue weighted by Crippen LogP contribution is 2.27. The van der Waals surface area contributed by atoms with Crippen molar-refractivity contribution < 1.29 is 9.31 Å². The van der Waals surface area contributed by atoms with Gasteiger partial charge in [0.05, 0.1) is 4.92 Å². The third kappa shape index (κ3) is 3.86. The minimum atomic E-state index is -0.481. The smallest absolute Gasteiger partial charge is 0.270 e. The highest BCUT2D eigenvalue weighted by Gasteiger charge is 2.11. The number of hydrogen-bond donors (Lipinski definition) is 1. The van der Waals surface area contributed by atoms with Gasteiger partial charge in [0.2, 0.25) is 0 Å². The van der Waals surface area contributed by atoms with Gasteiger partial charge in [-0.25, -0.2) is 4.39 Å². The van der Waals surface area contributed by atoms with E-state index in [9.17, 15) is 14.5 Å². The molecule has 0 bridgehead atoms. The van der Waals surface area contributed by atoms with Gasteiger partial charge in [0.1, 0.15) is 5.82 Å². The van der Waals surface area contributed by atoms with Crippen LogP contribution in [-0.4, -0.2) is 11.0 Å². The minimum Gasteiger partial charge on any atom is -0.310 e. The predicted octanol–water partition coefficient (Wildman–Crippen LogP) is 3.90. The highest BCUT2D eigenvalue weighted by molar-refractivity contribution is 5.67. The molecule has 0 radical (unpaired) electrons. The first-order chi connectivity index (χ1) is 9.97. The molecule has 0 aliphatic rings. The maximum Gasteiger partial charge on any atom is 0.270 e. The molecule has 0 atom stereocenters. The van der Waals surface area contributed by atoms with Crippen LogP contribution in [-0.2, 0) is 6.54 Å². The quantitative estimate of drug-likeness (QED) is 0.670. The number of nitro benzene ring substituents is 1. The van der Waals surface area contributed by atoms with Crippen molar-refractivity contribution in [3.8, 4) is 11.1 Å². The monoisotopic (exact) mass is 288 g/mol. The zero-order valence-corrected chi connectivity index (χ0v) is 12.0. The molecule has 1 N–H and O–H groups in total. The number of nitrogens with zero attached hydrogens (tertiary/aromatic N) is 1. The van der Waals surface area contributed by atoms with Gasteiger partial charge in [-0.2, -0.15) is 0 Å². The normalized spacial score (nSPS) is 10.9. The van der Waals surface area contributed by atoms with Crippen LogP contribution in [0.2, 0.25) is 0 Å². The minimum absolute atomic E-state index is 0.0439. The van der Waals surface area contributed by atoms with Crippen molar-refractivity contribution in [2.45, 2.75) is 26.4 Å². The lowest BCUT2D eigenvalue weighted by atomic mass is 10.0. The second-order valence-corrected chi connectivity index (χ2v) is 5.16. The lowest BCUT2D eigenvalue weighted by Crippen LogP contribution is -2.21. The lowest BCUT2D eigenvalue weighted by Gasteiger charge is -2.10. The van der Waals surface area contributed by atoms with Gasteiger partial charge < -0.3 is 5.32 Å². The molecule has 21 heavy (non-hydrogen) atoms. The summed E-state index contributed by atoms with van der Waals surface area (Å²) in [5, 5.41) is 14.1. The van der Waals surface area contributed by atoms with Crippen LogP contribution in [0.1, 0.15) is 19.4 Å². The van der Waals surface area contributed by atoms with Crippen molar-refractivity contribution in [3.63, 3.8) is 0 Å². The molecule has 0 fully saturated rings. The van der Waals surface area contributed by atoms with Gasteiger partial charge in [0, 0.05) is 30.3 Å². The van der Waals surface area contributed by atoms with E-state index in [0.717, 1.165) is 5.56 Å². The summed E-state index contributed by atoms with van der Waals surface area (Å²) >= 11 is 0. The Kier molecular flexibility index (Phi) is 4.65. The Morgan fingerprint density at radius 2 is 2.00 bits per heavy atom. The summed E-state index contributed by atoms with van der Waals surface area (Å²) < 4.78 is 14.0. The fourth-order valence-electron chi connectivity index (χ4n) is 2.01. The Labute approximate surface area is 122 Å². The lowest BCUT2D eigenvalue weighted by molar-refractivity contribution is -0.384. The van der Waals surface area contributed by atoms with Crippen molar-refractivity contribution in [1.82, 2.24) is 5.32 Å². The van der Waals surface area contributed by atoms with Crippen LogP contribution < -0.4 is 5.32 Å². The van der Waals surface area contributed by atoms with Crippen LogP contribution in [0.3, 0.4) is 0 Å². The predicted molar refractivity (Wildman–Crippen MR) is 80.5 cm³/mol. The van der Waals surface area contributed by atoms with Crippen LogP contribution in [0.15, 0.2) is 42.5 Å². The van der Waals surface area contributed by atoms with E-state index < -0.39 is 4.92 Å². The number of non-ortho nitro benzene ring substituents is 1. The van der Waals surface area contributed by atoms with Crippen LogP contribution >= 0.6 is 0 Å². The topological polar surface area (TPSA) is 55.2 Å². The molecule has 2 aromatic rings. The first-order valence-corrected chi connectivity index (χ1v) is 6.74. The summed E-state index contributed by atoms with van der Waals surface area (Å²) in [6.45, 7) is 4.69. The molecule has 2 rings (SSSR count). The van der Waals surface area contributed by atoms with Crippen LogP contribution in [0.5, 0.6) is 0 Å². The molecule has 110 valence electrons. The maximum atomic E-state index is 14.0. The molecule has 0 aromatic heterocycles. The summed E-state index contributed by atoms with van der Waals surface area (Å²) in [6, 6.07) is 11.2. The summed E-state index contributed by atoms with van der Waals surface area (Å²) in [6.07, 6.45) is 0. The molecular weight excluding hydrogens is 271 g/mol. The Hall–Kier alpha value is -2.27. The van der Waals surface area contributed by atoms with Gasteiger partial charge in [-0.15, -0.1) is 0 Å². The summed E-state index contributed by atoms with van der Waals surface area (Å²) in [5.74, 6) is -0.385. The van der Waals surface area contributed by atoms with Crippen molar-refractivity contribution in [2.24, 2.45) is 0 Å². The second kappa shape index (κ2) is 6.45. The van der Waals surface area contributed by atoms with Gasteiger partial charge in [0.15, 0.2) is 0 Å². The molecule has 0 spiro atoms. The number of rotatable bonds is 5. The molecule has 0 heterocycles. The molecule has 0 saturated carbocycles. The van der Waals surface area contributed by atoms with E-state index in [-0.39, 0.29) is 11.5 Å². The first kappa shape index (κ1) is 15.1. The zero-order valence-electron chi connectivity index (χ0n) is 12.0. The van der Waals surface area contributed by atoms with Gasteiger partial charge in [-0.05, 0) is 23.3 Å². The van der Waals surface area contributed by atoms with E-state index in [4.69, 9.17) is 0 Å². The Bertz CT molecular complexity index is 656. The van der Waals surface area contributed by atoms with E-state index in [2.05, 4.69) is 5.32 Å². The molecule has 0 saturated heterocycles. The largest absolute Gasteiger partial charge is 0.310 e. The number of nitrogens with one attached hydrogen (secondary N) is 1. The van der Waals surface area contributed by atoms with Crippen LogP contribution in [0.4, 0.5) is 10.1 Å². The summed E-state index contributed by atoms with van der Waals surface area (Å²) in [4.78, 5) is 10.3. The van der Waals surface area contributed by atoms with Crippen molar-refractivity contribution in [3.05, 3.63) is 64.0 Å². The van der Waals surface area contributed by atoms with E-state index in [1.165, 1.54) is 18.2 Å². The average molecular weight is 288 g/mol. The van der Waals surface area contributed by atoms with E-state index in [1.54, 1.807) is 24.3 Å². The Balaban J connectivity index is 2.36. The summed E-state index contributed by atoms with van der Waals surface area (Å²) in [7, 11) is 0. The van der Waals surface area contributed by atoms with Crippen LogP contribution in [0.25, 0.3) is 11.1 Å². The Morgan fingerprint density at radius 3 is 2.67 bits per heavy atom. The SMILES string of the molecule is CC(C)NCc1ccc(F)c(-c2cccc([N+](=O)[O-])c2)c1. The second-order valence-electron chi connectivity index (χ2n) is 5.16. The van der Waals surface area contributed by atoms with Gasteiger partial charge >= 0.3 is 0 Å². The highest BCUT2D eigenvalue weighted by atomic mass is 19.1. The number of halogens is 1. The molecule has 0 unspecified atom stereocenters. The molecule has 0 amide bonds. The molecule has 4 nitrogen and oxygen atoms in total. The van der Waals surface area contributed by atoms with Crippen LogP contribution in [0, 0.1) is 15.9 Å². The third-order valence-electron chi connectivity index (χ3n) is 3.11.